The van der Waals surface area contributed by atoms with Gasteiger partial charge in [0.05, 0.1) is 12.2 Å². The molecule has 1 heterocycles. The number of benzene rings is 2. The summed E-state index contributed by atoms with van der Waals surface area (Å²) in [7, 11) is 1.31. The normalized spacial score (nSPS) is 26.7. The summed E-state index contributed by atoms with van der Waals surface area (Å²) in [6, 6.07) is 16.0. The fourth-order valence-electron chi connectivity index (χ4n) is 3.07. The maximum absolute atomic E-state index is 12.5. The minimum Gasteiger partial charge on any atom is -0.489 e. The number of methoxy groups -OCH3 is 1. The van der Waals surface area contributed by atoms with Crippen LogP contribution in [0.5, 0.6) is 5.75 Å². The zero-order chi connectivity index (χ0) is 20.8. The highest BCUT2D eigenvalue weighted by Gasteiger charge is 2.47. The van der Waals surface area contributed by atoms with Crippen LogP contribution < -0.4 is 4.74 Å². The van der Waals surface area contributed by atoms with Gasteiger partial charge in [0.1, 0.15) is 30.7 Å². The van der Waals surface area contributed by atoms with Crippen LogP contribution in [-0.4, -0.2) is 65.7 Å². The Bertz CT molecular complexity index is 779. The predicted molar refractivity (Wildman–Crippen MR) is 101 cm³/mol. The molecule has 0 unspecified atom stereocenters. The zero-order valence-electron chi connectivity index (χ0n) is 15.9. The van der Waals surface area contributed by atoms with E-state index in [1.54, 1.807) is 12.1 Å². The highest BCUT2D eigenvalue weighted by Crippen LogP contribution is 2.25. The summed E-state index contributed by atoms with van der Waals surface area (Å²) in [5.41, 5.74) is 1.26. The molecule has 0 saturated carbocycles. The molecule has 0 aliphatic carbocycles. The number of hydrogen-bond acceptors (Lipinski definition) is 8. The summed E-state index contributed by atoms with van der Waals surface area (Å²) in [6.45, 7) is -0.112. The van der Waals surface area contributed by atoms with E-state index in [2.05, 4.69) is 0 Å². The van der Waals surface area contributed by atoms with Crippen LogP contribution in [0.4, 0.5) is 0 Å². The Labute approximate surface area is 168 Å². The number of ether oxygens (including phenoxy) is 4. The van der Waals surface area contributed by atoms with Crippen molar-refractivity contribution in [1.82, 2.24) is 0 Å². The molecule has 8 heteroatoms. The van der Waals surface area contributed by atoms with Crippen molar-refractivity contribution in [3.05, 3.63) is 65.7 Å². The number of aliphatic hydroxyl groups excluding tert-OH is 3. The molecule has 1 fully saturated rings. The van der Waals surface area contributed by atoms with Crippen molar-refractivity contribution in [2.24, 2.45) is 0 Å². The Balaban J connectivity index is 1.61. The number of rotatable bonds is 7. The molecule has 1 saturated heterocycles. The smallest absolute Gasteiger partial charge is 0.338 e. The Hall–Kier alpha value is -2.49. The van der Waals surface area contributed by atoms with Crippen molar-refractivity contribution in [1.29, 1.82) is 0 Å². The number of esters is 1. The van der Waals surface area contributed by atoms with Gasteiger partial charge in [0.2, 0.25) is 0 Å². The SMILES string of the molecule is CO[C@H]1[C@H](O)[C@@H](CO)O[C@H](O)[C@@H]1OC(=O)c1ccc(OCc2ccccc2)cc1. The monoisotopic (exact) mass is 404 g/mol. The number of carbonyl (C=O) groups excluding carboxylic acids is 1. The molecule has 1 aliphatic heterocycles. The van der Waals surface area contributed by atoms with Crippen LogP contribution in [0.2, 0.25) is 0 Å². The van der Waals surface area contributed by atoms with Crippen LogP contribution in [0.3, 0.4) is 0 Å². The molecular weight excluding hydrogens is 380 g/mol. The van der Waals surface area contributed by atoms with E-state index in [1.807, 2.05) is 30.3 Å². The number of carbonyl (C=O) groups is 1. The lowest BCUT2D eigenvalue weighted by Crippen LogP contribution is -2.60. The maximum Gasteiger partial charge on any atom is 0.338 e. The fourth-order valence-corrected chi connectivity index (χ4v) is 3.07. The van der Waals surface area contributed by atoms with E-state index in [-0.39, 0.29) is 5.56 Å². The summed E-state index contributed by atoms with van der Waals surface area (Å²) in [5, 5.41) is 29.5. The van der Waals surface area contributed by atoms with Gasteiger partial charge in [-0.15, -0.1) is 0 Å². The minimum atomic E-state index is -1.54. The molecule has 156 valence electrons. The van der Waals surface area contributed by atoms with Crippen molar-refractivity contribution >= 4 is 5.97 Å². The second-order valence-electron chi connectivity index (χ2n) is 6.61. The van der Waals surface area contributed by atoms with E-state index in [1.165, 1.54) is 19.2 Å². The highest BCUT2D eigenvalue weighted by molar-refractivity contribution is 5.89. The molecule has 0 bridgehead atoms. The van der Waals surface area contributed by atoms with Crippen LogP contribution in [0, 0.1) is 0 Å². The van der Waals surface area contributed by atoms with Crippen LogP contribution in [0.15, 0.2) is 54.6 Å². The molecule has 5 atom stereocenters. The van der Waals surface area contributed by atoms with Crippen molar-refractivity contribution in [3.63, 3.8) is 0 Å². The fraction of sp³-hybridized carbons (Fsp3) is 0.381. The zero-order valence-corrected chi connectivity index (χ0v) is 15.9. The molecule has 1 aliphatic rings. The molecule has 0 amide bonds. The molecule has 2 aromatic carbocycles. The minimum absolute atomic E-state index is 0.234. The topological polar surface area (TPSA) is 115 Å². The van der Waals surface area contributed by atoms with Crippen LogP contribution in [-0.2, 0) is 20.8 Å². The Morgan fingerprint density at radius 1 is 1.03 bits per heavy atom. The summed E-state index contributed by atoms with van der Waals surface area (Å²) in [6.07, 6.45) is -6.14. The molecule has 3 rings (SSSR count). The highest BCUT2D eigenvalue weighted by atomic mass is 16.7. The van der Waals surface area contributed by atoms with E-state index >= 15 is 0 Å². The molecule has 8 nitrogen and oxygen atoms in total. The third kappa shape index (κ3) is 5.11. The van der Waals surface area contributed by atoms with Gasteiger partial charge >= 0.3 is 5.97 Å². The number of aliphatic hydroxyl groups is 3. The molecule has 0 aromatic heterocycles. The van der Waals surface area contributed by atoms with Gasteiger partial charge < -0.3 is 34.3 Å². The first-order chi connectivity index (χ1) is 14.0. The molecule has 0 spiro atoms. The van der Waals surface area contributed by atoms with E-state index in [0.717, 1.165) is 5.56 Å². The molecule has 3 N–H and O–H groups in total. The van der Waals surface area contributed by atoms with E-state index in [9.17, 15) is 20.1 Å². The lowest BCUT2D eigenvalue weighted by Gasteiger charge is -2.40. The molecule has 2 aromatic rings. The van der Waals surface area contributed by atoms with Gasteiger partial charge in [-0.2, -0.15) is 0 Å². The van der Waals surface area contributed by atoms with Crippen LogP contribution >= 0.6 is 0 Å². The average molecular weight is 404 g/mol. The van der Waals surface area contributed by atoms with E-state index in [4.69, 9.17) is 18.9 Å². The molecule has 29 heavy (non-hydrogen) atoms. The summed E-state index contributed by atoms with van der Waals surface area (Å²) in [4.78, 5) is 12.5. The predicted octanol–water partition coefficient (Wildman–Crippen LogP) is 0.876. The first kappa shape index (κ1) is 21.2. The standard InChI is InChI=1S/C21H24O8/c1-26-18-17(23)16(11-22)28-21(25)19(18)29-20(24)14-7-9-15(10-8-14)27-12-13-5-3-2-4-6-13/h2-10,16-19,21-23,25H,11-12H2,1H3/t16-,17-,18+,19-,21+/m1/s1. The summed E-state index contributed by atoms with van der Waals surface area (Å²) in [5.74, 6) is -0.133. The summed E-state index contributed by atoms with van der Waals surface area (Å²) < 4.78 is 21.2. The third-order valence-corrected chi connectivity index (χ3v) is 4.67. The van der Waals surface area contributed by atoms with E-state index < -0.39 is 43.3 Å². The Kier molecular flexibility index (Phi) is 7.18. The molecular formula is C21H24O8. The summed E-state index contributed by atoms with van der Waals surface area (Å²) >= 11 is 0. The first-order valence-electron chi connectivity index (χ1n) is 9.16. The Morgan fingerprint density at radius 2 is 1.72 bits per heavy atom. The van der Waals surface area contributed by atoms with Crippen LogP contribution in [0.25, 0.3) is 0 Å². The van der Waals surface area contributed by atoms with Gasteiger partial charge in [-0.05, 0) is 29.8 Å². The van der Waals surface area contributed by atoms with Crippen molar-refractivity contribution in [2.45, 2.75) is 37.3 Å². The van der Waals surface area contributed by atoms with E-state index in [0.29, 0.717) is 12.4 Å². The van der Waals surface area contributed by atoms with Crippen molar-refractivity contribution in [2.75, 3.05) is 13.7 Å². The van der Waals surface area contributed by atoms with Gasteiger partial charge in [-0.25, -0.2) is 4.79 Å². The second-order valence-corrected chi connectivity index (χ2v) is 6.61. The van der Waals surface area contributed by atoms with Gasteiger partial charge in [-0.3, -0.25) is 0 Å². The van der Waals surface area contributed by atoms with Gasteiger partial charge in [0, 0.05) is 7.11 Å². The third-order valence-electron chi connectivity index (χ3n) is 4.67. The lowest BCUT2D eigenvalue weighted by molar-refractivity contribution is -0.289. The first-order valence-corrected chi connectivity index (χ1v) is 9.16. The van der Waals surface area contributed by atoms with Crippen LogP contribution in [0.1, 0.15) is 15.9 Å². The maximum atomic E-state index is 12.5. The van der Waals surface area contributed by atoms with Crippen molar-refractivity contribution in [3.8, 4) is 5.75 Å². The lowest BCUT2D eigenvalue weighted by atomic mass is 9.99. The largest absolute Gasteiger partial charge is 0.489 e. The van der Waals surface area contributed by atoms with Gasteiger partial charge in [0.15, 0.2) is 12.4 Å². The quantitative estimate of drug-likeness (QED) is 0.583. The average Bonchev–Trinajstić information content (AvgIpc) is 2.75. The molecule has 0 radical (unpaired) electrons. The van der Waals surface area contributed by atoms with Gasteiger partial charge in [-0.1, -0.05) is 30.3 Å². The second kappa shape index (κ2) is 9.82. The van der Waals surface area contributed by atoms with Gasteiger partial charge in [0.25, 0.3) is 0 Å². The van der Waals surface area contributed by atoms with Crippen molar-refractivity contribution < 1.29 is 39.1 Å². The Morgan fingerprint density at radius 3 is 2.34 bits per heavy atom. The number of hydrogen-bond donors (Lipinski definition) is 3.